The monoisotopic (exact) mass is 193 g/mol. The van der Waals surface area contributed by atoms with Gasteiger partial charge in [-0.15, -0.1) is 0 Å². The maximum absolute atomic E-state index is 10.3. The molecule has 0 aliphatic rings. The van der Waals surface area contributed by atoms with E-state index in [1.165, 1.54) is 0 Å². The van der Waals surface area contributed by atoms with Crippen LogP contribution in [-0.4, -0.2) is 11.7 Å². The minimum Gasteiger partial charge on any atom is -0.384 e. The lowest BCUT2D eigenvalue weighted by atomic mass is 9.86. The summed E-state index contributed by atoms with van der Waals surface area (Å²) in [6.45, 7) is 4.45. The smallest absolute Gasteiger partial charge is 0.102 e. The van der Waals surface area contributed by atoms with Gasteiger partial charge in [-0.25, -0.2) is 0 Å². The third kappa shape index (κ3) is 2.56. The first-order valence-electron chi connectivity index (χ1n) is 5.06. The summed E-state index contributed by atoms with van der Waals surface area (Å²) in [5, 5.41) is 10.3. The number of nitrogens with two attached hydrogens (primary N) is 1. The summed E-state index contributed by atoms with van der Waals surface area (Å²) < 4.78 is 0. The highest BCUT2D eigenvalue weighted by Gasteiger charge is 2.27. The molecule has 0 amide bonds. The van der Waals surface area contributed by atoms with Crippen molar-refractivity contribution in [2.75, 3.05) is 6.54 Å². The van der Waals surface area contributed by atoms with Crippen molar-refractivity contribution in [3.63, 3.8) is 0 Å². The molecule has 0 saturated heterocycles. The zero-order chi connectivity index (χ0) is 10.6. The fraction of sp³-hybridized carbons (Fsp3) is 0.500. The van der Waals surface area contributed by atoms with Gasteiger partial charge in [-0.05, 0) is 17.9 Å². The minimum absolute atomic E-state index is 0.273. The second-order valence-corrected chi connectivity index (χ2v) is 4.20. The van der Waals surface area contributed by atoms with Gasteiger partial charge in [0.25, 0.3) is 0 Å². The Balaban J connectivity index is 2.90. The van der Waals surface area contributed by atoms with Gasteiger partial charge in [0.2, 0.25) is 0 Å². The van der Waals surface area contributed by atoms with Crippen LogP contribution >= 0.6 is 0 Å². The summed E-state index contributed by atoms with van der Waals surface area (Å²) in [5.74, 6) is 0.434. The topological polar surface area (TPSA) is 46.2 Å². The lowest BCUT2D eigenvalue weighted by molar-refractivity contribution is 0.0243. The van der Waals surface area contributed by atoms with Crippen LogP contribution in [-0.2, 0) is 5.60 Å². The van der Waals surface area contributed by atoms with E-state index in [-0.39, 0.29) is 6.54 Å². The van der Waals surface area contributed by atoms with Gasteiger partial charge in [0.15, 0.2) is 0 Å². The molecule has 0 heterocycles. The zero-order valence-corrected chi connectivity index (χ0v) is 8.90. The molecular weight excluding hydrogens is 174 g/mol. The van der Waals surface area contributed by atoms with E-state index in [2.05, 4.69) is 13.8 Å². The normalized spacial score (nSPS) is 15.5. The van der Waals surface area contributed by atoms with Gasteiger partial charge < -0.3 is 10.8 Å². The van der Waals surface area contributed by atoms with Gasteiger partial charge in [0.05, 0.1) is 0 Å². The first kappa shape index (κ1) is 11.2. The molecule has 1 aromatic carbocycles. The maximum atomic E-state index is 10.3. The van der Waals surface area contributed by atoms with Gasteiger partial charge in [-0.3, -0.25) is 0 Å². The van der Waals surface area contributed by atoms with Crippen LogP contribution < -0.4 is 5.73 Å². The predicted octanol–water partition coefficient (Wildman–Crippen LogP) is 1.88. The molecule has 1 aromatic rings. The van der Waals surface area contributed by atoms with E-state index in [0.29, 0.717) is 12.3 Å². The van der Waals surface area contributed by atoms with Crippen molar-refractivity contribution in [1.29, 1.82) is 0 Å². The molecule has 0 radical (unpaired) electrons. The number of aliphatic hydroxyl groups is 1. The Kier molecular flexibility index (Phi) is 3.67. The molecule has 0 bridgehead atoms. The van der Waals surface area contributed by atoms with Crippen molar-refractivity contribution in [2.24, 2.45) is 11.7 Å². The van der Waals surface area contributed by atoms with Crippen LogP contribution in [0, 0.1) is 5.92 Å². The fourth-order valence-electron chi connectivity index (χ4n) is 1.74. The van der Waals surface area contributed by atoms with E-state index in [4.69, 9.17) is 5.73 Å². The van der Waals surface area contributed by atoms with Crippen LogP contribution in [0.4, 0.5) is 0 Å². The second kappa shape index (κ2) is 4.58. The Hall–Kier alpha value is -0.860. The molecule has 2 heteroatoms. The van der Waals surface area contributed by atoms with Gasteiger partial charge in [-0.2, -0.15) is 0 Å². The van der Waals surface area contributed by atoms with Gasteiger partial charge in [0.1, 0.15) is 5.60 Å². The third-order valence-corrected chi connectivity index (χ3v) is 2.39. The van der Waals surface area contributed by atoms with E-state index in [1.54, 1.807) is 0 Å². The lowest BCUT2D eigenvalue weighted by Gasteiger charge is -2.28. The van der Waals surface area contributed by atoms with Crippen LogP contribution in [0.2, 0.25) is 0 Å². The minimum atomic E-state index is -0.866. The van der Waals surface area contributed by atoms with E-state index < -0.39 is 5.60 Å². The Labute approximate surface area is 85.8 Å². The summed E-state index contributed by atoms with van der Waals surface area (Å²) in [6, 6.07) is 9.65. The van der Waals surface area contributed by atoms with Gasteiger partial charge >= 0.3 is 0 Å². The molecule has 0 saturated carbocycles. The summed E-state index contributed by atoms with van der Waals surface area (Å²) in [7, 11) is 0. The average Bonchev–Trinajstić information content (AvgIpc) is 2.18. The molecule has 78 valence electrons. The summed E-state index contributed by atoms with van der Waals surface area (Å²) >= 11 is 0. The fourth-order valence-corrected chi connectivity index (χ4v) is 1.74. The predicted molar refractivity (Wildman–Crippen MR) is 58.8 cm³/mol. The number of hydrogen-bond donors (Lipinski definition) is 2. The van der Waals surface area contributed by atoms with E-state index in [1.807, 2.05) is 30.3 Å². The number of rotatable bonds is 4. The second-order valence-electron chi connectivity index (χ2n) is 4.20. The van der Waals surface area contributed by atoms with Crippen molar-refractivity contribution in [3.05, 3.63) is 35.9 Å². The highest BCUT2D eigenvalue weighted by Crippen LogP contribution is 2.27. The molecule has 0 aliphatic heterocycles. The van der Waals surface area contributed by atoms with Crippen molar-refractivity contribution in [2.45, 2.75) is 25.9 Å². The van der Waals surface area contributed by atoms with E-state index in [9.17, 15) is 5.11 Å². The van der Waals surface area contributed by atoms with Crippen molar-refractivity contribution >= 4 is 0 Å². The Morgan fingerprint density at radius 2 is 1.86 bits per heavy atom. The molecule has 3 N–H and O–H groups in total. The standard InChI is InChI=1S/C12H19NO/c1-10(2)8-12(14,9-13)11-6-4-3-5-7-11/h3-7,10,14H,8-9,13H2,1-2H3. The van der Waals surface area contributed by atoms with E-state index in [0.717, 1.165) is 5.56 Å². The average molecular weight is 193 g/mol. The molecule has 0 fully saturated rings. The first-order chi connectivity index (χ1) is 6.58. The molecule has 14 heavy (non-hydrogen) atoms. The molecule has 0 aromatic heterocycles. The summed E-state index contributed by atoms with van der Waals surface area (Å²) in [5.41, 5.74) is 5.68. The Morgan fingerprint density at radius 1 is 1.29 bits per heavy atom. The lowest BCUT2D eigenvalue weighted by Crippen LogP contribution is -2.36. The van der Waals surface area contributed by atoms with Gasteiger partial charge in [0, 0.05) is 6.54 Å². The quantitative estimate of drug-likeness (QED) is 0.767. The summed E-state index contributed by atoms with van der Waals surface area (Å²) in [4.78, 5) is 0. The molecular formula is C12H19NO. The molecule has 1 rings (SSSR count). The van der Waals surface area contributed by atoms with Crippen LogP contribution in [0.25, 0.3) is 0 Å². The van der Waals surface area contributed by atoms with Crippen LogP contribution in [0.3, 0.4) is 0 Å². The van der Waals surface area contributed by atoms with Crippen LogP contribution in [0.15, 0.2) is 30.3 Å². The highest BCUT2D eigenvalue weighted by atomic mass is 16.3. The van der Waals surface area contributed by atoms with Gasteiger partial charge in [-0.1, -0.05) is 44.2 Å². The summed E-state index contributed by atoms with van der Waals surface area (Å²) in [6.07, 6.45) is 0.702. The third-order valence-electron chi connectivity index (χ3n) is 2.39. The van der Waals surface area contributed by atoms with Crippen LogP contribution in [0.1, 0.15) is 25.8 Å². The molecule has 1 unspecified atom stereocenters. The first-order valence-corrected chi connectivity index (χ1v) is 5.06. The zero-order valence-electron chi connectivity index (χ0n) is 8.90. The van der Waals surface area contributed by atoms with E-state index >= 15 is 0 Å². The molecule has 0 aliphatic carbocycles. The Morgan fingerprint density at radius 3 is 2.29 bits per heavy atom. The highest BCUT2D eigenvalue weighted by molar-refractivity contribution is 5.22. The van der Waals surface area contributed by atoms with Crippen molar-refractivity contribution in [1.82, 2.24) is 0 Å². The molecule has 0 spiro atoms. The van der Waals surface area contributed by atoms with Crippen molar-refractivity contribution in [3.8, 4) is 0 Å². The Bertz CT molecular complexity index is 271. The number of hydrogen-bond acceptors (Lipinski definition) is 2. The maximum Gasteiger partial charge on any atom is 0.102 e. The SMILES string of the molecule is CC(C)CC(O)(CN)c1ccccc1. The van der Waals surface area contributed by atoms with Crippen LogP contribution in [0.5, 0.6) is 0 Å². The number of benzene rings is 1. The molecule has 1 atom stereocenters. The van der Waals surface area contributed by atoms with Crippen molar-refractivity contribution < 1.29 is 5.11 Å². The molecule has 2 nitrogen and oxygen atoms in total. The largest absolute Gasteiger partial charge is 0.384 e.